The van der Waals surface area contributed by atoms with Crippen molar-refractivity contribution in [1.29, 1.82) is 0 Å². The van der Waals surface area contributed by atoms with Crippen LogP contribution in [0.25, 0.3) is 17.0 Å². The molecule has 1 fully saturated rings. The maximum absolute atomic E-state index is 12.9. The molecule has 5 nitrogen and oxygen atoms in total. The number of methoxy groups -OCH3 is 2. The second-order valence-electron chi connectivity index (χ2n) is 6.73. The largest absolute Gasteiger partial charge is 0.493 e. The van der Waals surface area contributed by atoms with Crippen LogP contribution in [0, 0.1) is 0 Å². The summed E-state index contributed by atoms with van der Waals surface area (Å²) in [6.07, 6.45) is 4.33. The van der Waals surface area contributed by atoms with Crippen molar-refractivity contribution in [2.75, 3.05) is 20.8 Å². The summed E-state index contributed by atoms with van der Waals surface area (Å²) in [5, 5.41) is 1.04. The van der Waals surface area contributed by atoms with Gasteiger partial charge in [0.2, 0.25) is 0 Å². The highest BCUT2D eigenvalue weighted by molar-refractivity contribution is 8.26. The Labute approximate surface area is 184 Å². The van der Waals surface area contributed by atoms with Crippen LogP contribution in [0.4, 0.5) is 0 Å². The molecule has 0 unspecified atom stereocenters. The van der Waals surface area contributed by atoms with Crippen molar-refractivity contribution in [3.05, 3.63) is 70.8 Å². The number of carbonyl (C=O) groups is 1. The van der Waals surface area contributed by atoms with Crippen molar-refractivity contribution in [1.82, 2.24) is 9.88 Å². The van der Waals surface area contributed by atoms with Gasteiger partial charge in [-0.05, 0) is 54.0 Å². The van der Waals surface area contributed by atoms with Crippen molar-refractivity contribution >= 4 is 51.2 Å². The van der Waals surface area contributed by atoms with E-state index in [0.29, 0.717) is 33.7 Å². The Kier molecular flexibility index (Phi) is 6.01. The number of ether oxygens (including phenoxy) is 2. The molecule has 1 amide bonds. The minimum absolute atomic E-state index is 0.0586. The van der Waals surface area contributed by atoms with Crippen molar-refractivity contribution in [3.8, 4) is 11.5 Å². The molecular formula is C23H20N2O3S2. The van der Waals surface area contributed by atoms with Crippen molar-refractivity contribution in [2.24, 2.45) is 0 Å². The molecule has 2 heterocycles. The van der Waals surface area contributed by atoms with Gasteiger partial charge in [0.1, 0.15) is 4.32 Å². The molecule has 1 aromatic heterocycles. The van der Waals surface area contributed by atoms with Gasteiger partial charge in [-0.3, -0.25) is 14.7 Å². The Morgan fingerprint density at radius 3 is 2.73 bits per heavy atom. The molecule has 0 atom stereocenters. The van der Waals surface area contributed by atoms with Crippen LogP contribution < -0.4 is 9.47 Å². The molecule has 3 aromatic rings. The third-order valence-corrected chi connectivity index (χ3v) is 6.25. The summed E-state index contributed by atoms with van der Waals surface area (Å²) in [6.45, 7) is 0.513. The average molecular weight is 437 g/mol. The minimum atomic E-state index is -0.0586. The number of carbonyl (C=O) groups excluding carboxylic acids is 1. The second-order valence-corrected chi connectivity index (χ2v) is 8.40. The van der Waals surface area contributed by atoms with Gasteiger partial charge in [-0.2, -0.15) is 0 Å². The lowest BCUT2D eigenvalue weighted by molar-refractivity contribution is -0.122. The molecule has 0 spiro atoms. The topological polar surface area (TPSA) is 51.7 Å². The molecule has 0 radical (unpaired) electrons. The predicted molar refractivity (Wildman–Crippen MR) is 125 cm³/mol. The number of thioether (sulfide) groups is 1. The van der Waals surface area contributed by atoms with E-state index in [9.17, 15) is 4.79 Å². The van der Waals surface area contributed by atoms with Crippen LogP contribution in [-0.4, -0.2) is 40.9 Å². The SMILES string of the molecule is COc1ccc(CCN2C(=O)C(=Cc3ccc4ncccc4c3)SC2=S)cc1OC. The third kappa shape index (κ3) is 4.17. The van der Waals surface area contributed by atoms with E-state index in [2.05, 4.69) is 4.98 Å². The number of benzene rings is 2. The van der Waals surface area contributed by atoms with Crippen LogP contribution in [0.3, 0.4) is 0 Å². The smallest absolute Gasteiger partial charge is 0.266 e. The highest BCUT2D eigenvalue weighted by Gasteiger charge is 2.31. The number of pyridine rings is 1. The molecule has 7 heteroatoms. The van der Waals surface area contributed by atoms with Crippen molar-refractivity contribution in [2.45, 2.75) is 6.42 Å². The lowest BCUT2D eigenvalue weighted by Crippen LogP contribution is -2.30. The van der Waals surface area contributed by atoms with E-state index >= 15 is 0 Å². The lowest BCUT2D eigenvalue weighted by Gasteiger charge is -2.15. The number of fused-ring (bicyclic) bond motifs is 1. The van der Waals surface area contributed by atoms with E-state index in [0.717, 1.165) is 22.0 Å². The first kappa shape index (κ1) is 20.4. The van der Waals surface area contributed by atoms with Gasteiger partial charge < -0.3 is 9.47 Å². The fourth-order valence-corrected chi connectivity index (χ4v) is 4.61. The summed E-state index contributed by atoms with van der Waals surface area (Å²) in [4.78, 5) is 19.5. The average Bonchev–Trinajstić information content (AvgIpc) is 3.04. The minimum Gasteiger partial charge on any atom is -0.493 e. The summed E-state index contributed by atoms with van der Waals surface area (Å²) in [5.74, 6) is 1.29. The molecule has 1 aliphatic heterocycles. The number of hydrogen-bond donors (Lipinski definition) is 0. The quantitative estimate of drug-likeness (QED) is 0.413. The summed E-state index contributed by atoms with van der Waals surface area (Å²) >= 11 is 6.80. The second kappa shape index (κ2) is 8.85. The Bertz CT molecular complexity index is 1160. The van der Waals surface area contributed by atoms with Crippen LogP contribution in [0.2, 0.25) is 0 Å². The zero-order valence-corrected chi connectivity index (χ0v) is 18.3. The van der Waals surface area contributed by atoms with Gasteiger partial charge in [0.25, 0.3) is 5.91 Å². The Morgan fingerprint density at radius 2 is 1.93 bits per heavy atom. The number of rotatable bonds is 6. The maximum Gasteiger partial charge on any atom is 0.266 e. The molecule has 152 valence electrons. The van der Waals surface area contributed by atoms with Gasteiger partial charge >= 0.3 is 0 Å². The van der Waals surface area contributed by atoms with Crippen molar-refractivity contribution in [3.63, 3.8) is 0 Å². The molecule has 1 saturated heterocycles. The van der Waals surface area contributed by atoms with E-state index in [-0.39, 0.29) is 5.91 Å². The van der Waals surface area contributed by atoms with Crippen LogP contribution in [0.15, 0.2) is 59.6 Å². The number of amides is 1. The predicted octanol–water partition coefficient (Wildman–Crippen LogP) is 4.70. The lowest BCUT2D eigenvalue weighted by atomic mass is 10.1. The van der Waals surface area contributed by atoms with Crippen LogP contribution in [0.1, 0.15) is 11.1 Å². The zero-order chi connectivity index (χ0) is 21.1. The summed E-state index contributed by atoms with van der Waals surface area (Å²) in [7, 11) is 3.22. The van der Waals surface area contributed by atoms with E-state index in [1.807, 2.05) is 54.6 Å². The van der Waals surface area contributed by atoms with Gasteiger partial charge in [-0.15, -0.1) is 0 Å². The summed E-state index contributed by atoms with van der Waals surface area (Å²) in [5.41, 5.74) is 2.93. The van der Waals surface area contributed by atoms with Gasteiger partial charge in [0.15, 0.2) is 11.5 Å². The van der Waals surface area contributed by atoms with E-state index < -0.39 is 0 Å². The molecule has 0 bridgehead atoms. The molecule has 30 heavy (non-hydrogen) atoms. The van der Waals surface area contributed by atoms with Crippen LogP contribution >= 0.6 is 24.0 Å². The van der Waals surface area contributed by atoms with Gasteiger partial charge in [0, 0.05) is 18.1 Å². The maximum atomic E-state index is 12.9. The summed E-state index contributed by atoms with van der Waals surface area (Å²) < 4.78 is 11.2. The molecule has 4 rings (SSSR count). The molecule has 0 saturated carbocycles. The highest BCUT2D eigenvalue weighted by atomic mass is 32.2. The number of hydrogen-bond acceptors (Lipinski definition) is 6. The van der Waals surface area contributed by atoms with E-state index in [1.165, 1.54) is 11.8 Å². The van der Waals surface area contributed by atoms with Crippen LogP contribution in [-0.2, 0) is 11.2 Å². The highest BCUT2D eigenvalue weighted by Crippen LogP contribution is 2.33. The fraction of sp³-hybridized carbons (Fsp3) is 0.174. The van der Waals surface area contributed by atoms with E-state index in [4.69, 9.17) is 21.7 Å². The first-order chi connectivity index (χ1) is 14.6. The van der Waals surface area contributed by atoms with Gasteiger partial charge in [0.05, 0.1) is 24.6 Å². The molecular weight excluding hydrogens is 416 g/mol. The number of nitrogens with zero attached hydrogens (tertiary/aromatic N) is 2. The van der Waals surface area contributed by atoms with Gasteiger partial charge in [-0.1, -0.05) is 42.2 Å². The summed E-state index contributed by atoms with van der Waals surface area (Å²) in [6, 6.07) is 15.6. The van der Waals surface area contributed by atoms with Crippen molar-refractivity contribution < 1.29 is 14.3 Å². The molecule has 1 aliphatic rings. The Morgan fingerprint density at radius 1 is 1.10 bits per heavy atom. The molecule has 0 N–H and O–H groups in total. The van der Waals surface area contributed by atoms with Gasteiger partial charge in [-0.25, -0.2) is 0 Å². The van der Waals surface area contributed by atoms with Crippen LogP contribution in [0.5, 0.6) is 11.5 Å². The zero-order valence-electron chi connectivity index (χ0n) is 16.6. The number of aromatic nitrogens is 1. The van der Waals surface area contributed by atoms with E-state index in [1.54, 1.807) is 25.3 Å². The standard InChI is InChI=1S/C23H20N2O3S2/c1-27-19-8-6-15(13-20(19)28-2)9-11-25-22(26)21(30-23(25)29)14-16-5-7-18-17(12-16)4-3-10-24-18/h3-8,10,12-14H,9,11H2,1-2H3. The third-order valence-electron chi connectivity index (χ3n) is 4.87. The first-order valence-corrected chi connectivity index (χ1v) is 10.6. The normalized spacial score (nSPS) is 15.3. The Hall–Kier alpha value is -2.90. The number of thiocarbonyl (C=S) groups is 1. The first-order valence-electron chi connectivity index (χ1n) is 9.40. The molecule has 2 aromatic carbocycles. The Balaban J connectivity index is 1.49. The fourth-order valence-electron chi connectivity index (χ4n) is 3.31. The monoisotopic (exact) mass is 436 g/mol. The molecule has 0 aliphatic carbocycles.